The SMILES string of the molecule is CCCNc1nn(C2CCNCC2)c2cc(-c3ccccc3O)nnc12. The molecule has 0 bridgehead atoms. The van der Waals surface area contributed by atoms with Crippen LogP contribution in [-0.2, 0) is 0 Å². The minimum atomic E-state index is 0.207. The average molecular weight is 352 g/mol. The number of phenols is 1. The van der Waals surface area contributed by atoms with Crippen molar-refractivity contribution in [1.29, 1.82) is 0 Å². The number of nitrogens with zero attached hydrogens (tertiary/aromatic N) is 4. The molecule has 0 radical (unpaired) electrons. The maximum Gasteiger partial charge on any atom is 0.176 e. The Labute approximate surface area is 152 Å². The van der Waals surface area contributed by atoms with Gasteiger partial charge in [0, 0.05) is 12.1 Å². The van der Waals surface area contributed by atoms with E-state index in [-0.39, 0.29) is 5.75 Å². The van der Waals surface area contributed by atoms with Crippen LogP contribution < -0.4 is 10.6 Å². The molecule has 7 heteroatoms. The Balaban J connectivity index is 1.82. The van der Waals surface area contributed by atoms with Crippen molar-refractivity contribution in [1.82, 2.24) is 25.3 Å². The Morgan fingerprint density at radius 3 is 2.81 bits per heavy atom. The molecule has 1 fully saturated rings. The molecule has 0 saturated carbocycles. The molecule has 26 heavy (non-hydrogen) atoms. The summed E-state index contributed by atoms with van der Waals surface area (Å²) in [5.74, 6) is 0.995. The van der Waals surface area contributed by atoms with E-state index < -0.39 is 0 Å². The van der Waals surface area contributed by atoms with Crippen LogP contribution in [0, 0.1) is 0 Å². The lowest BCUT2D eigenvalue weighted by molar-refractivity contribution is 0.352. The fraction of sp³-hybridized carbons (Fsp3) is 0.421. The molecule has 0 atom stereocenters. The second kappa shape index (κ2) is 7.29. The number of phenolic OH excluding ortho intramolecular Hbond substituents is 1. The summed E-state index contributed by atoms with van der Waals surface area (Å²) in [6, 6.07) is 9.55. The summed E-state index contributed by atoms with van der Waals surface area (Å²) in [5, 5.41) is 30.5. The molecule has 2 aromatic heterocycles. The van der Waals surface area contributed by atoms with Gasteiger partial charge in [-0.3, -0.25) is 4.68 Å². The van der Waals surface area contributed by atoms with E-state index in [1.807, 2.05) is 18.2 Å². The van der Waals surface area contributed by atoms with Crippen molar-refractivity contribution in [3.8, 4) is 17.0 Å². The highest BCUT2D eigenvalue weighted by Gasteiger charge is 2.22. The van der Waals surface area contributed by atoms with Gasteiger partial charge >= 0.3 is 0 Å². The molecule has 3 heterocycles. The smallest absolute Gasteiger partial charge is 0.176 e. The number of hydrogen-bond donors (Lipinski definition) is 3. The van der Waals surface area contributed by atoms with Crippen LogP contribution in [0.15, 0.2) is 30.3 Å². The number of nitrogens with one attached hydrogen (secondary N) is 2. The third kappa shape index (κ3) is 3.10. The number of benzene rings is 1. The Bertz CT molecular complexity index is 900. The first-order valence-electron chi connectivity index (χ1n) is 9.27. The number of fused-ring (bicyclic) bond motifs is 1. The van der Waals surface area contributed by atoms with Gasteiger partial charge in [-0.2, -0.15) is 5.10 Å². The minimum Gasteiger partial charge on any atom is -0.507 e. The first-order chi connectivity index (χ1) is 12.8. The van der Waals surface area contributed by atoms with E-state index in [0.29, 0.717) is 17.3 Å². The second-order valence-corrected chi connectivity index (χ2v) is 6.68. The van der Waals surface area contributed by atoms with Crippen LogP contribution in [0.25, 0.3) is 22.3 Å². The zero-order valence-corrected chi connectivity index (χ0v) is 14.9. The quantitative estimate of drug-likeness (QED) is 0.654. The summed E-state index contributed by atoms with van der Waals surface area (Å²) in [7, 11) is 0. The number of para-hydroxylation sites is 1. The van der Waals surface area contributed by atoms with Crippen molar-refractivity contribution in [2.75, 3.05) is 25.0 Å². The number of piperidine rings is 1. The molecule has 3 aromatic rings. The van der Waals surface area contributed by atoms with E-state index in [1.54, 1.807) is 12.1 Å². The molecule has 7 nitrogen and oxygen atoms in total. The fourth-order valence-electron chi connectivity index (χ4n) is 3.45. The molecule has 1 aliphatic heterocycles. The highest BCUT2D eigenvalue weighted by Crippen LogP contribution is 2.32. The lowest BCUT2D eigenvalue weighted by atomic mass is 10.1. The molecule has 0 aliphatic carbocycles. The first kappa shape index (κ1) is 16.8. The van der Waals surface area contributed by atoms with Gasteiger partial charge in [0.1, 0.15) is 5.75 Å². The topological polar surface area (TPSA) is 87.9 Å². The standard InChI is InChI=1S/C19H24N6O/c1-2-9-21-19-18-16(25(24-19)13-7-10-20-11-8-13)12-15(22-23-18)14-5-3-4-6-17(14)26/h3-6,12-13,20,26H,2,7-11H2,1H3,(H,21,24). The van der Waals surface area contributed by atoms with Crippen molar-refractivity contribution >= 4 is 16.9 Å². The third-order valence-corrected chi connectivity index (χ3v) is 4.83. The Morgan fingerprint density at radius 2 is 2.04 bits per heavy atom. The van der Waals surface area contributed by atoms with Crippen LogP contribution in [0.4, 0.5) is 5.82 Å². The molecule has 136 valence electrons. The molecular formula is C19H24N6O. The molecule has 1 saturated heterocycles. The van der Waals surface area contributed by atoms with Crippen molar-refractivity contribution in [2.45, 2.75) is 32.2 Å². The van der Waals surface area contributed by atoms with E-state index in [4.69, 9.17) is 5.10 Å². The summed E-state index contributed by atoms with van der Waals surface area (Å²) >= 11 is 0. The molecule has 0 unspecified atom stereocenters. The van der Waals surface area contributed by atoms with E-state index in [0.717, 1.165) is 55.7 Å². The zero-order chi connectivity index (χ0) is 17.9. The molecule has 0 amide bonds. The monoisotopic (exact) mass is 352 g/mol. The molecule has 0 spiro atoms. The van der Waals surface area contributed by atoms with Crippen LogP contribution in [0.2, 0.25) is 0 Å². The van der Waals surface area contributed by atoms with Crippen molar-refractivity contribution < 1.29 is 5.11 Å². The van der Waals surface area contributed by atoms with E-state index in [1.165, 1.54) is 0 Å². The van der Waals surface area contributed by atoms with Crippen LogP contribution in [0.3, 0.4) is 0 Å². The Morgan fingerprint density at radius 1 is 1.23 bits per heavy atom. The van der Waals surface area contributed by atoms with Crippen molar-refractivity contribution in [2.24, 2.45) is 0 Å². The second-order valence-electron chi connectivity index (χ2n) is 6.68. The Kier molecular flexibility index (Phi) is 4.71. The van der Waals surface area contributed by atoms with Crippen molar-refractivity contribution in [3.05, 3.63) is 30.3 Å². The van der Waals surface area contributed by atoms with Gasteiger partial charge in [0.15, 0.2) is 11.3 Å². The Hall–Kier alpha value is -2.67. The maximum absolute atomic E-state index is 10.2. The van der Waals surface area contributed by atoms with Gasteiger partial charge in [-0.15, -0.1) is 10.2 Å². The fourth-order valence-corrected chi connectivity index (χ4v) is 3.45. The van der Waals surface area contributed by atoms with Gasteiger partial charge in [0.2, 0.25) is 0 Å². The van der Waals surface area contributed by atoms with E-state index in [2.05, 4.69) is 32.4 Å². The maximum atomic E-state index is 10.2. The summed E-state index contributed by atoms with van der Waals surface area (Å²) in [4.78, 5) is 0. The van der Waals surface area contributed by atoms with Gasteiger partial charge in [0.25, 0.3) is 0 Å². The summed E-state index contributed by atoms with van der Waals surface area (Å²) in [5.41, 5.74) is 3.09. The third-order valence-electron chi connectivity index (χ3n) is 4.83. The summed E-state index contributed by atoms with van der Waals surface area (Å²) < 4.78 is 2.09. The normalized spacial score (nSPS) is 15.4. The van der Waals surface area contributed by atoms with Crippen molar-refractivity contribution in [3.63, 3.8) is 0 Å². The number of aromatic nitrogens is 4. The van der Waals surface area contributed by atoms with E-state index >= 15 is 0 Å². The predicted molar refractivity (Wildman–Crippen MR) is 102 cm³/mol. The van der Waals surface area contributed by atoms with Gasteiger partial charge in [-0.25, -0.2) is 0 Å². The van der Waals surface area contributed by atoms with Gasteiger partial charge in [0.05, 0.1) is 17.3 Å². The average Bonchev–Trinajstić information content (AvgIpc) is 3.05. The number of hydrogen-bond acceptors (Lipinski definition) is 6. The van der Waals surface area contributed by atoms with Crippen LogP contribution in [0.1, 0.15) is 32.2 Å². The number of rotatable bonds is 5. The molecule has 1 aromatic carbocycles. The highest BCUT2D eigenvalue weighted by atomic mass is 16.3. The highest BCUT2D eigenvalue weighted by molar-refractivity contribution is 5.88. The summed E-state index contributed by atoms with van der Waals surface area (Å²) in [6.07, 6.45) is 3.10. The largest absolute Gasteiger partial charge is 0.507 e. The van der Waals surface area contributed by atoms with Gasteiger partial charge < -0.3 is 15.7 Å². The van der Waals surface area contributed by atoms with Gasteiger partial charge in [-0.1, -0.05) is 19.1 Å². The number of anilines is 1. The van der Waals surface area contributed by atoms with Gasteiger partial charge in [-0.05, 0) is 50.6 Å². The molecule has 4 rings (SSSR count). The molecule has 1 aliphatic rings. The molecular weight excluding hydrogens is 328 g/mol. The predicted octanol–water partition coefficient (Wildman–Crippen LogP) is 2.95. The number of aromatic hydroxyl groups is 1. The summed E-state index contributed by atoms with van der Waals surface area (Å²) in [6.45, 7) is 4.96. The van der Waals surface area contributed by atoms with Crippen LogP contribution in [-0.4, -0.2) is 44.7 Å². The molecule has 3 N–H and O–H groups in total. The zero-order valence-electron chi connectivity index (χ0n) is 14.9. The van der Waals surface area contributed by atoms with Crippen LogP contribution >= 0.6 is 0 Å². The van der Waals surface area contributed by atoms with E-state index in [9.17, 15) is 5.11 Å². The first-order valence-corrected chi connectivity index (χ1v) is 9.27. The lowest BCUT2D eigenvalue weighted by Crippen LogP contribution is -2.29. The van der Waals surface area contributed by atoms with Crippen LogP contribution in [0.5, 0.6) is 5.75 Å². The minimum absolute atomic E-state index is 0.207. The lowest BCUT2D eigenvalue weighted by Gasteiger charge is -2.23.